The summed E-state index contributed by atoms with van der Waals surface area (Å²) in [7, 11) is 0. The Morgan fingerprint density at radius 1 is 1.11 bits per heavy atom. The third-order valence-corrected chi connectivity index (χ3v) is 5.25. The monoisotopic (exact) mass is 420 g/mol. The maximum Gasteiger partial charge on any atom is 0.326 e. The van der Waals surface area contributed by atoms with Gasteiger partial charge in [-0.1, -0.05) is 53.5 Å². The lowest BCUT2D eigenvalue weighted by Gasteiger charge is -2.14. The van der Waals surface area contributed by atoms with Crippen molar-refractivity contribution in [2.24, 2.45) is 0 Å². The minimum absolute atomic E-state index is 0.139. The number of halogens is 2. The zero-order valence-corrected chi connectivity index (χ0v) is 16.2. The van der Waals surface area contributed by atoms with Crippen LogP contribution in [0.1, 0.15) is 16.1 Å². The molecule has 0 aliphatic heterocycles. The second kappa shape index (κ2) is 8.52. The highest BCUT2D eigenvalue weighted by Gasteiger charge is 2.23. The average molecular weight is 421 g/mol. The standard InChI is InChI=1S/C19H14Cl2N2O3S/c20-12-7-5-11(6-8-12)9-15(19(25)26)22-17(24)16-10-27-18(23-16)13-3-1-2-4-14(13)21/h1-8,10,15H,9H2,(H,22,24)(H,25,26). The smallest absolute Gasteiger partial charge is 0.326 e. The topological polar surface area (TPSA) is 79.3 Å². The van der Waals surface area contributed by atoms with E-state index in [2.05, 4.69) is 10.3 Å². The molecule has 8 heteroatoms. The molecule has 1 amide bonds. The first-order valence-corrected chi connectivity index (χ1v) is 9.56. The van der Waals surface area contributed by atoms with Crippen molar-refractivity contribution in [2.75, 3.05) is 0 Å². The minimum Gasteiger partial charge on any atom is -0.480 e. The van der Waals surface area contributed by atoms with E-state index in [4.69, 9.17) is 23.2 Å². The first kappa shape index (κ1) is 19.4. The molecule has 2 aromatic carbocycles. The van der Waals surface area contributed by atoms with Gasteiger partial charge in [-0.2, -0.15) is 0 Å². The molecule has 0 radical (unpaired) electrons. The van der Waals surface area contributed by atoms with Crippen LogP contribution >= 0.6 is 34.5 Å². The molecular weight excluding hydrogens is 407 g/mol. The van der Waals surface area contributed by atoms with Crippen LogP contribution in [-0.2, 0) is 11.2 Å². The zero-order chi connectivity index (χ0) is 19.4. The summed E-state index contributed by atoms with van der Waals surface area (Å²) in [5, 5.41) is 15.2. The molecule has 3 aromatic rings. The van der Waals surface area contributed by atoms with Crippen LogP contribution in [0.25, 0.3) is 10.6 Å². The number of rotatable bonds is 6. The molecule has 2 N–H and O–H groups in total. The van der Waals surface area contributed by atoms with Crippen LogP contribution in [0.4, 0.5) is 0 Å². The van der Waals surface area contributed by atoms with Crippen molar-refractivity contribution in [2.45, 2.75) is 12.5 Å². The highest BCUT2D eigenvalue weighted by atomic mass is 35.5. The second-order valence-electron chi connectivity index (χ2n) is 5.71. The fourth-order valence-electron chi connectivity index (χ4n) is 2.42. The predicted octanol–water partition coefficient (Wildman–Crippen LogP) is 4.54. The van der Waals surface area contributed by atoms with Crippen molar-refractivity contribution >= 4 is 46.4 Å². The molecule has 138 valence electrons. The number of benzene rings is 2. The van der Waals surface area contributed by atoms with E-state index in [0.717, 1.165) is 11.1 Å². The van der Waals surface area contributed by atoms with Crippen LogP contribution in [0, 0.1) is 0 Å². The summed E-state index contributed by atoms with van der Waals surface area (Å²) in [6.45, 7) is 0. The molecule has 1 unspecified atom stereocenters. The first-order chi connectivity index (χ1) is 12.9. The van der Waals surface area contributed by atoms with Gasteiger partial charge in [-0.3, -0.25) is 4.79 Å². The van der Waals surface area contributed by atoms with Gasteiger partial charge in [0, 0.05) is 22.4 Å². The summed E-state index contributed by atoms with van der Waals surface area (Å²) < 4.78 is 0. The van der Waals surface area contributed by atoms with E-state index in [1.165, 1.54) is 11.3 Å². The van der Waals surface area contributed by atoms with Gasteiger partial charge in [0.05, 0.1) is 5.02 Å². The van der Waals surface area contributed by atoms with Gasteiger partial charge < -0.3 is 10.4 Å². The molecule has 3 rings (SSSR count). The molecule has 1 aromatic heterocycles. The van der Waals surface area contributed by atoms with Crippen LogP contribution in [0.2, 0.25) is 10.0 Å². The van der Waals surface area contributed by atoms with E-state index in [1.807, 2.05) is 12.1 Å². The number of thiazole rings is 1. The van der Waals surface area contributed by atoms with Gasteiger partial charge in [0.1, 0.15) is 16.7 Å². The number of nitrogens with one attached hydrogen (secondary N) is 1. The van der Waals surface area contributed by atoms with Crippen LogP contribution in [-0.4, -0.2) is 28.0 Å². The van der Waals surface area contributed by atoms with Gasteiger partial charge >= 0.3 is 5.97 Å². The third-order valence-electron chi connectivity index (χ3n) is 3.80. The lowest BCUT2D eigenvalue weighted by Crippen LogP contribution is -2.42. The Labute approximate surface area is 169 Å². The zero-order valence-electron chi connectivity index (χ0n) is 13.9. The normalized spacial score (nSPS) is 11.8. The largest absolute Gasteiger partial charge is 0.480 e. The van der Waals surface area contributed by atoms with E-state index in [1.54, 1.807) is 41.8 Å². The molecular formula is C19H14Cl2N2O3S. The summed E-state index contributed by atoms with van der Waals surface area (Å²) in [4.78, 5) is 28.3. The molecule has 1 heterocycles. The van der Waals surface area contributed by atoms with Gasteiger partial charge in [0.25, 0.3) is 5.91 Å². The number of carbonyl (C=O) groups is 2. The summed E-state index contributed by atoms with van der Waals surface area (Å²) in [6, 6.07) is 12.9. The minimum atomic E-state index is -1.13. The van der Waals surface area contributed by atoms with Crippen LogP contribution < -0.4 is 5.32 Å². The van der Waals surface area contributed by atoms with Crippen molar-refractivity contribution in [1.29, 1.82) is 0 Å². The Morgan fingerprint density at radius 2 is 1.81 bits per heavy atom. The number of amides is 1. The fraction of sp³-hybridized carbons (Fsp3) is 0.105. The number of hydrogen-bond acceptors (Lipinski definition) is 4. The maximum atomic E-state index is 12.4. The van der Waals surface area contributed by atoms with Gasteiger partial charge in [-0.05, 0) is 23.8 Å². The van der Waals surface area contributed by atoms with Crippen molar-refractivity contribution in [3.63, 3.8) is 0 Å². The summed E-state index contributed by atoms with van der Waals surface area (Å²) in [6.07, 6.45) is 0.139. The van der Waals surface area contributed by atoms with E-state index >= 15 is 0 Å². The average Bonchev–Trinajstić information content (AvgIpc) is 3.13. The van der Waals surface area contributed by atoms with E-state index in [0.29, 0.717) is 15.1 Å². The van der Waals surface area contributed by atoms with Gasteiger partial charge in [0.15, 0.2) is 0 Å². The summed E-state index contributed by atoms with van der Waals surface area (Å²) in [5.41, 5.74) is 1.62. The molecule has 0 saturated heterocycles. The maximum absolute atomic E-state index is 12.4. The number of aromatic nitrogens is 1. The Kier molecular flexibility index (Phi) is 6.11. The van der Waals surface area contributed by atoms with Crippen LogP contribution in [0.5, 0.6) is 0 Å². The Bertz CT molecular complexity index is 973. The Hall–Kier alpha value is -2.41. The molecule has 0 fully saturated rings. The first-order valence-electron chi connectivity index (χ1n) is 7.92. The SMILES string of the molecule is O=C(NC(Cc1ccc(Cl)cc1)C(=O)O)c1csc(-c2ccccc2Cl)n1. The molecule has 5 nitrogen and oxygen atoms in total. The number of carbonyl (C=O) groups excluding carboxylic acids is 1. The third kappa shape index (κ3) is 4.86. The Morgan fingerprint density at radius 3 is 2.48 bits per heavy atom. The molecule has 0 bridgehead atoms. The second-order valence-corrected chi connectivity index (χ2v) is 7.41. The highest BCUT2D eigenvalue weighted by molar-refractivity contribution is 7.13. The number of nitrogens with zero attached hydrogens (tertiary/aromatic N) is 1. The van der Waals surface area contributed by atoms with Gasteiger partial charge in [-0.15, -0.1) is 11.3 Å². The van der Waals surface area contributed by atoms with Gasteiger partial charge in [-0.25, -0.2) is 9.78 Å². The van der Waals surface area contributed by atoms with Crippen molar-refractivity contribution in [3.8, 4) is 10.6 Å². The van der Waals surface area contributed by atoms with E-state index in [9.17, 15) is 14.7 Å². The molecule has 0 aliphatic rings. The van der Waals surface area contributed by atoms with E-state index < -0.39 is 17.9 Å². The summed E-state index contributed by atoms with van der Waals surface area (Å²) >= 11 is 13.3. The predicted molar refractivity (Wildman–Crippen MR) is 107 cm³/mol. The van der Waals surface area contributed by atoms with E-state index in [-0.39, 0.29) is 12.1 Å². The fourth-order valence-corrected chi connectivity index (χ4v) is 3.67. The lowest BCUT2D eigenvalue weighted by atomic mass is 10.1. The number of carboxylic acids is 1. The van der Waals surface area contributed by atoms with Crippen LogP contribution in [0.3, 0.4) is 0 Å². The molecule has 27 heavy (non-hydrogen) atoms. The van der Waals surface area contributed by atoms with Crippen molar-refractivity contribution in [1.82, 2.24) is 10.3 Å². The van der Waals surface area contributed by atoms with Crippen LogP contribution in [0.15, 0.2) is 53.9 Å². The van der Waals surface area contributed by atoms with Crippen molar-refractivity contribution < 1.29 is 14.7 Å². The highest BCUT2D eigenvalue weighted by Crippen LogP contribution is 2.30. The number of aliphatic carboxylic acids is 1. The quantitative estimate of drug-likeness (QED) is 0.613. The molecule has 0 saturated carbocycles. The van der Waals surface area contributed by atoms with Gasteiger partial charge in [0.2, 0.25) is 0 Å². The number of carboxylic acid groups (broad SMARTS) is 1. The van der Waals surface area contributed by atoms with Crippen molar-refractivity contribution in [3.05, 3.63) is 75.2 Å². The molecule has 0 aliphatic carbocycles. The molecule has 0 spiro atoms. The Balaban J connectivity index is 1.74. The summed E-state index contributed by atoms with van der Waals surface area (Å²) in [5.74, 6) is -1.68. The molecule has 1 atom stereocenters. The number of hydrogen-bond donors (Lipinski definition) is 2. The lowest BCUT2D eigenvalue weighted by molar-refractivity contribution is -0.139.